The highest BCUT2D eigenvalue weighted by Gasteiger charge is 2.25. The molecule has 0 unspecified atom stereocenters. The maximum atomic E-state index is 12.7. The van der Waals surface area contributed by atoms with Crippen LogP contribution in [0.15, 0.2) is 17.0 Å². The molecule has 3 N–H and O–H groups in total. The third kappa shape index (κ3) is 5.42. The number of carbonyl (C=O) groups is 1. The molecule has 1 aliphatic heterocycles. The molecule has 0 aromatic heterocycles. The zero-order valence-corrected chi connectivity index (χ0v) is 15.9. The number of fused-ring (bicyclic) bond motifs is 1. The normalized spacial score (nSPS) is 16.0. The van der Waals surface area contributed by atoms with Gasteiger partial charge in [-0.1, -0.05) is 0 Å². The highest BCUT2D eigenvalue weighted by atomic mass is 32.2. The summed E-state index contributed by atoms with van der Waals surface area (Å²) in [6, 6.07) is 2.78. The third-order valence-electron chi connectivity index (χ3n) is 3.98. The van der Waals surface area contributed by atoms with Gasteiger partial charge in [-0.15, -0.1) is 0 Å². The van der Waals surface area contributed by atoms with Crippen molar-refractivity contribution in [2.75, 3.05) is 11.9 Å². The van der Waals surface area contributed by atoms with E-state index in [9.17, 15) is 18.3 Å². The first-order chi connectivity index (χ1) is 11.5. The van der Waals surface area contributed by atoms with Crippen LogP contribution >= 0.6 is 0 Å². The van der Waals surface area contributed by atoms with Crippen molar-refractivity contribution < 1.29 is 23.1 Å². The Kier molecular flexibility index (Phi) is 5.75. The fourth-order valence-corrected chi connectivity index (χ4v) is 4.25. The summed E-state index contributed by atoms with van der Waals surface area (Å²) in [6.07, 6.45) is 1.94. The van der Waals surface area contributed by atoms with E-state index in [0.717, 1.165) is 0 Å². The lowest BCUT2D eigenvalue weighted by molar-refractivity contribution is -0.118. The van der Waals surface area contributed by atoms with Gasteiger partial charge in [0.2, 0.25) is 10.0 Å². The molecule has 1 aromatic carbocycles. The molecule has 140 valence electrons. The third-order valence-corrected chi connectivity index (χ3v) is 5.71. The van der Waals surface area contributed by atoms with E-state index in [1.807, 2.05) is 0 Å². The van der Waals surface area contributed by atoms with E-state index in [-0.39, 0.29) is 23.5 Å². The standard InChI is InChI=1S/C17H26N2O5S/c1-11-8-13-14(24-10-16(20)18-13)9-15(11)25(22,23)19-12(2)6-5-7-17(3,4)21/h8-9,12,19,21H,5-7,10H2,1-4H3,(H,18,20)/t12-/m1/s1. The minimum atomic E-state index is -3.71. The van der Waals surface area contributed by atoms with Crippen molar-refractivity contribution in [2.45, 2.75) is 63.5 Å². The van der Waals surface area contributed by atoms with Crippen molar-refractivity contribution in [2.24, 2.45) is 0 Å². The van der Waals surface area contributed by atoms with Gasteiger partial charge in [0.1, 0.15) is 5.75 Å². The fourth-order valence-electron chi connectivity index (χ4n) is 2.73. The SMILES string of the molecule is Cc1cc2c(cc1S(=O)(=O)N[C@H](C)CCCC(C)(C)O)OCC(=O)N2. The zero-order chi connectivity index (χ0) is 18.8. The molecule has 0 radical (unpaired) electrons. The second-order valence-electron chi connectivity index (χ2n) is 7.18. The van der Waals surface area contributed by atoms with Crippen LogP contribution in [0.25, 0.3) is 0 Å². The summed E-state index contributed by atoms with van der Waals surface area (Å²) in [7, 11) is -3.71. The number of carbonyl (C=O) groups excluding carboxylic acids is 1. The average molecular weight is 370 g/mol. The van der Waals surface area contributed by atoms with E-state index >= 15 is 0 Å². The van der Waals surface area contributed by atoms with Crippen LogP contribution in [0.5, 0.6) is 5.75 Å². The Morgan fingerprint density at radius 2 is 2.08 bits per heavy atom. The van der Waals surface area contributed by atoms with Crippen molar-refractivity contribution in [3.8, 4) is 5.75 Å². The van der Waals surface area contributed by atoms with Crippen molar-refractivity contribution in [1.82, 2.24) is 4.72 Å². The van der Waals surface area contributed by atoms with Crippen LogP contribution in [0.3, 0.4) is 0 Å². The van der Waals surface area contributed by atoms with Crippen LogP contribution in [0.4, 0.5) is 5.69 Å². The van der Waals surface area contributed by atoms with Crippen LogP contribution in [0, 0.1) is 6.92 Å². The Bertz CT molecular complexity index is 753. The number of sulfonamides is 1. The lowest BCUT2D eigenvalue weighted by atomic mass is 10.00. The van der Waals surface area contributed by atoms with Crippen LogP contribution < -0.4 is 14.8 Å². The van der Waals surface area contributed by atoms with Crippen molar-refractivity contribution in [3.63, 3.8) is 0 Å². The van der Waals surface area contributed by atoms with Gasteiger partial charge in [-0.3, -0.25) is 4.79 Å². The van der Waals surface area contributed by atoms with Gasteiger partial charge >= 0.3 is 0 Å². The van der Waals surface area contributed by atoms with E-state index in [2.05, 4.69) is 10.0 Å². The molecule has 0 spiro atoms. The van der Waals surface area contributed by atoms with Crippen molar-refractivity contribution in [1.29, 1.82) is 0 Å². The molecule has 1 atom stereocenters. The Balaban J connectivity index is 2.10. The predicted molar refractivity (Wildman–Crippen MR) is 95.2 cm³/mol. The van der Waals surface area contributed by atoms with Gasteiger partial charge in [0.05, 0.1) is 16.2 Å². The van der Waals surface area contributed by atoms with Crippen LogP contribution in [0.2, 0.25) is 0 Å². The van der Waals surface area contributed by atoms with Gasteiger partial charge in [-0.05, 0) is 58.6 Å². The van der Waals surface area contributed by atoms with Gasteiger partial charge < -0.3 is 15.2 Å². The Morgan fingerprint density at radius 3 is 2.72 bits per heavy atom. The molecule has 25 heavy (non-hydrogen) atoms. The van der Waals surface area contributed by atoms with Crippen LogP contribution in [-0.2, 0) is 14.8 Å². The number of rotatable bonds is 7. The molecular weight excluding hydrogens is 344 g/mol. The fraction of sp³-hybridized carbons (Fsp3) is 0.588. The molecule has 0 saturated heterocycles. The second-order valence-corrected chi connectivity index (χ2v) is 8.86. The molecule has 7 nitrogen and oxygen atoms in total. The molecule has 1 amide bonds. The number of hydrogen-bond acceptors (Lipinski definition) is 5. The van der Waals surface area contributed by atoms with Gasteiger partial charge in [0.25, 0.3) is 5.91 Å². The molecule has 1 heterocycles. The topological polar surface area (TPSA) is 105 Å². The lowest BCUT2D eigenvalue weighted by Gasteiger charge is -2.22. The Hall–Kier alpha value is -1.64. The largest absolute Gasteiger partial charge is 0.482 e. The van der Waals surface area contributed by atoms with E-state index < -0.39 is 15.6 Å². The smallest absolute Gasteiger partial charge is 0.262 e. The van der Waals surface area contributed by atoms with Gasteiger partial charge in [-0.2, -0.15) is 0 Å². The van der Waals surface area contributed by atoms with E-state index in [1.54, 1.807) is 33.8 Å². The number of benzene rings is 1. The quantitative estimate of drug-likeness (QED) is 0.680. The Morgan fingerprint density at radius 1 is 1.40 bits per heavy atom. The molecule has 0 bridgehead atoms. The summed E-state index contributed by atoms with van der Waals surface area (Å²) < 4.78 is 33.3. The summed E-state index contributed by atoms with van der Waals surface area (Å²) in [6.45, 7) is 6.81. The monoisotopic (exact) mass is 370 g/mol. The van der Waals surface area contributed by atoms with Crippen LogP contribution in [0.1, 0.15) is 45.6 Å². The summed E-state index contributed by atoms with van der Waals surface area (Å²) in [5, 5.41) is 12.4. The first-order valence-electron chi connectivity index (χ1n) is 8.30. The first kappa shape index (κ1) is 19.7. The number of nitrogens with one attached hydrogen (secondary N) is 2. The average Bonchev–Trinajstić information content (AvgIpc) is 2.44. The minimum Gasteiger partial charge on any atom is -0.482 e. The van der Waals surface area contributed by atoms with E-state index in [1.165, 1.54) is 6.07 Å². The summed E-state index contributed by atoms with van der Waals surface area (Å²) >= 11 is 0. The summed E-state index contributed by atoms with van der Waals surface area (Å²) in [4.78, 5) is 11.5. The van der Waals surface area contributed by atoms with Crippen LogP contribution in [-0.4, -0.2) is 37.7 Å². The molecule has 8 heteroatoms. The maximum Gasteiger partial charge on any atom is 0.262 e. The van der Waals surface area contributed by atoms with E-state index in [4.69, 9.17) is 4.74 Å². The molecule has 1 aliphatic rings. The zero-order valence-electron chi connectivity index (χ0n) is 15.0. The number of hydrogen-bond donors (Lipinski definition) is 3. The lowest BCUT2D eigenvalue weighted by Crippen LogP contribution is -2.33. The molecule has 0 saturated carbocycles. The number of ether oxygens (including phenoxy) is 1. The Labute approximate surface area is 148 Å². The number of aryl methyl sites for hydroxylation is 1. The van der Waals surface area contributed by atoms with Gasteiger partial charge in [0, 0.05) is 12.1 Å². The number of aliphatic hydroxyl groups is 1. The molecule has 0 fully saturated rings. The number of amides is 1. The summed E-state index contributed by atoms with van der Waals surface area (Å²) in [5.74, 6) is 0.0846. The molecule has 1 aromatic rings. The number of anilines is 1. The second kappa shape index (κ2) is 7.31. The van der Waals surface area contributed by atoms with Gasteiger partial charge in [0.15, 0.2) is 6.61 Å². The molecule has 0 aliphatic carbocycles. The first-order valence-corrected chi connectivity index (χ1v) is 9.78. The highest BCUT2D eigenvalue weighted by Crippen LogP contribution is 2.33. The van der Waals surface area contributed by atoms with E-state index in [0.29, 0.717) is 36.3 Å². The molecular formula is C17H26N2O5S. The molecule has 2 rings (SSSR count). The van der Waals surface area contributed by atoms with Crippen molar-refractivity contribution in [3.05, 3.63) is 17.7 Å². The van der Waals surface area contributed by atoms with Crippen molar-refractivity contribution >= 4 is 21.6 Å². The highest BCUT2D eigenvalue weighted by molar-refractivity contribution is 7.89. The predicted octanol–water partition coefficient (Wildman–Crippen LogP) is 1.93. The van der Waals surface area contributed by atoms with Gasteiger partial charge in [-0.25, -0.2) is 13.1 Å². The minimum absolute atomic E-state index is 0.129. The summed E-state index contributed by atoms with van der Waals surface area (Å²) in [5.41, 5.74) is 0.252. The maximum absolute atomic E-state index is 12.7.